The van der Waals surface area contributed by atoms with Crippen LogP contribution in [0.5, 0.6) is 0 Å². The summed E-state index contributed by atoms with van der Waals surface area (Å²) < 4.78 is 46.8. The zero-order valence-electron chi connectivity index (χ0n) is 16.8. The number of hydrogen-bond acceptors (Lipinski definition) is 16. The largest absolute Gasteiger partial charge is 0.756 e. The Hall–Kier alpha value is -1.34. The number of ether oxygens (including phenoxy) is 2. The highest BCUT2D eigenvalue weighted by atomic mass is 31.3. The third-order valence-corrected chi connectivity index (χ3v) is 7.28. The van der Waals surface area contributed by atoms with E-state index in [1.54, 1.807) is 0 Å². The van der Waals surface area contributed by atoms with Crippen molar-refractivity contribution in [2.75, 3.05) is 13.2 Å². The monoisotopic (exact) mass is 534 g/mol. The van der Waals surface area contributed by atoms with E-state index in [1.807, 2.05) is 4.98 Å². The molecule has 1 aromatic rings. The highest BCUT2D eigenvalue weighted by Gasteiger charge is 2.45. The lowest BCUT2D eigenvalue weighted by atomic mass is 10.1. The van der Waals surface area contributed by atoms with E-state index in [-0.39, 0.29) is 0 Å². The van der Waals surface area contributed by atoms with Crippen LogP contribution in [-0.2, 0) is 32.0 Å². The maximum Gasteiger partial charge on any atom is 0.330 e. The van der Waals surface area contributed by atoms with Gasteiger partial charge in [-0.3, -0.25) is 28.0 Å². The minimum atomic E-state index is -5.79. The van der Waals surface area contributed by atoms with E-state index in [4.69, 9.17) is 4.74 Å². The number of aliphatic hydroxyl groups excluding tert-OH is 5. The van der Waals surface area contributed by atoms with Crippen LogP contribution in [0.1, 0.15) is 6.23 Å². The average molecular weight is 534 g/mol. The molecule has 6 N–H and O–H groups in total. The van der Waals surface area contributed by atoms with Gasteiger partial charge in [0.25, 0.3) is 21.2 Å². The molecule has 20 heteroatoms. The summed E-state index contributed by atoms with van der Waals surface area (Å²) >= 11 is 0. The second kappa shape index (κ2) is 10.3. The summed E-state index contributed by atoms with van der Waals surface area (Å²) in [5, 5.41) is 48.6. The molecule has 0 amide bonds. The van der Waals surface area contributed by atoms with Crippen LogP contribution in [0, 0.1) is 0 Å². The molecule has 0 bridgehead atoms. The first-order valence-corrected chi connectivity index (χ1v) is 12.3. The van der Waals surface area contributed by atoms with E-state index in [0.29, 0.717) is 4.57 Å². The number of hydrogen-bond donors (Lipinski definition) is 6. The first-order chi connectivity index (χ1) is 15.7. The molecule has 0 radical (unpaired) electrons. The van der Waals surface area contributed by atoms with Gasteiger partial charge in [-0.15, -0.1) is 0 Å². The SMILES string of the molecule is O=c1ccn(C2OC(COP(=O)([O-])OP(=O)([O-])OC3OCC(O)C(O)C3O)C(O)C2O)c(=O)[nH]1. The molecular weight excluding hydrogens is 514 g/mol. The van der Waals surface area contributed by atoms with E-state index >= 15 is 0 Å². The zero-order chi connectivity index (χ0) is 25.4. The minimum Gasteiger partial charge on any atom is -0.756 e. The second-order valence-corrected chi connectivity index (χ2v) is 10.1. The van der Waals surface area contributed by atoms with Crippen molar-refractivity contribution in [3.8, 4) is 0 Å². The number of phosphoric acid groups is 2. The van der Waals surface area contributed by atoms with Gasteiger partial charge in [0.05, 0.1) is 13.2 Å². The Kier molecular flexibility index (Phi) is 8.28. The Balaban J connectivity index is 1.59. The molecule has 0 saturated carbocycles. The van der Waals surface area contributed by atoms with E-state index in [1.165, 1.54) is 0 Å². The van der Waals surface area contributed by atoms with Crippen LogP contribution >= 0.6 is 15.6 Å². The van der Waals surface area contributed by atoms with Gasteiger partial charge >= 0.3 is 5.69 Å². The summed E-state index contributed by atoms with van der Waals surface area (Å²) in [5.41, 5.74) is -1.75. The van der Waals surface area contributed by atoms with E-state index in [9.17, 15) is 54.0 Å². The summed E-state index contributed by atoms with van der Waals surface area (Å²) in [7, 11) is -11.5. The van der Waals surface area contributed by atoms with Crippen molar-refractivity contribution >= 4 is 15.6 Å². The van der Waals surface area contributed by atoms with Crippen LogP contribution in [0.3, 0.4) is 0 Å². The molecular formula is C14H20N2O16P2-2. The predicted molar refractivity (Wildman–Crippen MR) is 98.3 cm³/mol. The molecule has 2 saturated heterocycles. The predicted octanol–water partition coefficient (Wildman–Crippen LogP) is -5.42. The Labute approximate surface area is 188 Å². The number of nitrogens with zero attached hydrogens (tertiary/aromatic N) is 1. The fourth-order valence-corrected chi connectivity index (χ4v) is 5.15. The summed E-state index contributed by atoms with van der Waals surface area (Å²) in [5.74, 6) is 0. The van der Waals surface area contributed by atoms with Crippen molar-refractivity contribution in [2.24, 2.45) is 0 Å². The molecule has 194 valence electrons. The van der Waals surface area contributed by atoms with Crippen molar-refractivity contribution in [1.29, 1.82) is 0 Å². The Bertz CT molecular complexity index is 1080. The van der Waals surface area contributed by atoms with E-state index < -0.39 is 89.2 Å². The zero-order valence-corrected chi connectivity index (χ0v) is 18.5. The summed E-state index contributed by atoms with van der Waals surface area (Å²) in [4.78, 5) is 48.7. The van der Waals surface area contributed by atoms with Gasteiger partial charge in [0.1, 0.15) is 36.6 Å². The first kappa shape index (κ1) is 27.3. The lowest BCUT2D eigenvalue weighted by molar-refractivity contribution is -0.285. The third kappa shape index (κ3) is 6.26. The average Bonchev–Trinajstić information content (AvgIpc) is 3.00. The number of phosphoric ester groups is 2. The lowest BCUT2D eigenvalue weighted by Crippen LogP contribution is -2.53. The molecule has 0 aromatic carbocycles. The fourth-order valence-electron chi connectivity index (χ4n) is 3.05. The van der Waals surface area contributed by atoms with Crippen molar-refractivity contribution < 1.29 is 67.3 Å². The molecule has 2 fully saturated rings. The van der Waals surface area contributed by atoms with Gasteiger partial charge in [0.15, 0.2) is 12.5 Å². The Morgan fingerprint density at radius 3 is 2.38 bits per heavy atom. The minimum absolute atomic E-state index is 0.646. The van der Waals surface area contributed by atoms with Crippen molar-refractivity contribution in [1.82, 2.24) is 9.55 Å². The molecule has 3 rings (SSSR count). The molecule has 10 atom stereocenters. The van der Waals surface area contributed by atoms with Crippen LogP contribution in [0.2, 0.25) is 0 Å². The molecule has 18 nitrogen and oxygen atoms in total. The smallest absolute Gasteiger partial charge is 0.330 e. The van der Waals surface area contributed by atoms with E-state index in [0.717, 1.165) is 12.3 Å². The molecule has 0 spiro atoms. The van der Waals surface area contributed by atoms with Gasteiger partial charge in [-0.05, 0) is 0 Å². The highest BCUT2D eigenvalue weighted by molar-refractivity contribution is 7.59. The van der Waals surface area contributed by atoms with Gasteiger partial charge in [-0.25, -0.2) is 9.11 Å². The highest BCUT2D eigenvalue weighted by Crippen LogP contribution is 2.56. The van der Waals surface area contributed by atoms with Gasteiger partial charge in [-0.2, -0.15) is 0 Å². The van der Waals surface area contributed by atoms with Crippen molar-refractivity contribution in [3.63, 3.8) is 0 Å². The molecule has 10 unspecified atom stereocenters. The van der Waals surface area contributed by atoms with Crippen LogP contribution < -0.4 is 21.0 Å². The molecule has 3 heterocycles. The van der Waals surface area contributed by atoms with E-state index in [2.05, 4.69) is 18.1 Å². The first-order valence-electron chi connectivity index (χ1n) is 9.36. The summed E-state index contributed by atoms with van der Waals surface area (Å²) in [6, 6.07) is 0.922. The van der Waals surface area contributed by atoms with Gasteiger partial charge in [0, 0.05) is 12.3 Å². The molecule has 0 aliphatic carbocycles. The lowest BCUT2D eigenvalue weighted by Gasteiger charge is -2.38. The number of nitrogens with one attached hydrogen (secondary N) is 1. The number of rotatable bonds is 8. The van der Waals surface area contributed by atoms with Crippen LogP contribution in [0.15, 0.2) is 21.9 Å². The molecule has 2 aliphatic heterocycles. The standard InChI is InChI=1S/C14H22N2O16P2/c17-5-3-28-13(11(22)8(5)19)31-34(26,27)32-33(24,25)29-4-6-9(20)10(21)12(30-6)16-2-1-7(18)15-14(16)23/h1-2,5-6,8-13,17,19-22H,3-4H2,(H,24,25)(H,26,27)(H,15,18,23)/p-2. The quantitative estimate of drug-likeness (QED) is 0.170. The van der Waals surface area contributed by atoms with Crippen LogP contribution in [-0.4, -0.2) is 91.2 Å². The third-order valence-electron chi connectivity index (χ3n) is 4.75. The summed E-state index contributed by atoms with van der Waals surface area (Å²) in [6.07, 6.45) is -13.4. The topological polar surface area (TPSA) is 282 Å². The number of aromatic nitrogens is 2. The maximum absolute atomic E-state index is 11.9. The molecule has 1 aromatic heterocycles. The Morgan fingerprint density at radius 2 is 1.74 bits per heavy atom. The van der Waals surface area contributed by atoms with Crippen molar-refractivity contribution in [3.05, 3.63) is 33.1 Å². The Morgan fingerprint density at radius 1 is 1.06 bits per heavy atom. The number of aromatic amines is 1. The molecule has 2 aliphatic rings. The van der Waals surface area contributed by atoms with Crippen molar-refractivity contribution in [2.45, 2.75) is 49.1 Å². The number of aliphatic hydroxyl groups is 5. The van der Waals surface area contributed by atoms with Gasteiger partial charge in [-0.1, -0.05) is 0 Å². The maximum atomic E-state index is 11.9. The summed E-state index contributed by atoms with van der Waals surface area (Å²) in [6.45, 7) is -1.73. The van der Waals surface area contributed by atoms with Gasteiger partial charge < -0.3 is 49.3 Å². The van der Waals surface area contributed by atoms with Gasteiger partial charge in [0.2, 0.25) is 0 Å². The number of H-pyrrole nitrogens is 1. The fraction of sp³-hybridized carbons (Fsp3) is 0.714. The van der Waals surface area contributed by atoms with Crippen LogP contribution in [0.25, 0.3) is 0 Å². The second-order valence-electron chi connectivity index (χ2n) is 7.19. The normalized spacial score (nSPS) is 37.7. The van der Waals surface area contributed by atoms with Crippen LogP contribution in [0.4, 0.5) is 0 Å². The molecule has 34 heavy (non-hydrogen) atoms.